The predicted octanol–water partition coefficient (Wildman–Crippen LogP) is 2.94. The van der Waals surface area contributed by atoms with E-state index in [4.69, 9.17) is 11.6 Å². The average molecular weight is 195 g/mol. The van der Waals surface area contributed by atoms with Gasteiger partial charge in [0.1, 0.15) is 0 Å². The molecule has 0 aliphatic rings. The summed E-state index contributed by atoms with van der Waals surface area (Å²) < 4.78 is 0. The van der Waals surface area contributed by atoms with E-state index in [-0.39, 0.29) is 5.78 Å². The fraction of sp³-hybridized carbons (Fsp3) is 0.182. The van der Waals surface area contributed by atoms with Gasteiger partial charge >= 0.3 is 0 Å². The summed E-state index contributed by atoms with van der Waals surface area (Å²) in [5, 5.41) is 0. The minimum atomic E-state index is 0.0684. The molecule has 1 rings (SSSR count). The van der Waals surface area contributed by atoms with Crippen LogP contribution in [0.4, 0.5) is 0 Å². The zero-order chi connectivity index (χ0) is 9.52. The zero-order valence-electron chi connectivity index (χ0n) is 7.24. The van der Waals surface area contributed by atoms with Crippen molar-refractivity contribution in [2.24, 2.45) is 0 Å². The van der Waals surface area contributed by atoms with Gasteiger partial charge < -0.3 is 0 Å². The molecule has 0 spiro atoms. The monoisotopic (exact) mass is 194 g/mol. The van der Waals surface area contributed by atoms with Crippen LogP contribution in [-0.4, -0.2) is 5.78 Å². The van der Waals surface area contributed by atoms with Crippen molar-refractivity contribution in [3.8, 4) is 0 Å². The molecule has 0 saturated carbocycles. The number of hydrogen-bond donors (Lipinski definition) is 0. The van der Waals surface area contributed by atoms with Crippen LogP contribution in [0.15, 0.2) is 41.9 Å². The van der Waals surface area contributed by atoms with Crippen LogP contribution in [0.5, 0.6) is 0 Å². The van der Waals surface area contributed by atoms with E-state index in [1.54, 1.807) is 0 Å². The normalized spacial score (nSPS) is 10.5. The number of rotatable bonds is 4. The lowest BCUT2D eigenvalue weighted by molar-refractivity contribution is -0.114. The van der Waals surface area contributed by atoms with E-state index in [9.17, 15) is 4.79 Å². The van der Waals surface area contributed by atoms with Crippen molar-refractivity contribution in [1.82, 2.24) is 0 Å². The van der Waals surface area contributed by atoms with E-state index in [0.717, 1.165) is 6.42 Å². The maximum Gasteiger partial charge on any atom is 0.156 e. The third-order valence-corrected chi connectivity index (χ3v) is 1.88. The molecule has 0 atom stereocenters. The number of ketones is 1. The number of aryl methyl sites for hydroxylation is 1. The maximum atomic E-state index is 11.0. The van der Waals surface area contributed by atoms with Gasteiger partial charge in [-0.15, -0.1) is 0 Å². The van der Waals surface area contributed by atoms with E-state index in [2.05, 4.69) is 0 Å². The Hall–Kier alpha value is -1.08. The van der Waals surface area contributed by atoms with Gasteiger partial charge in [0.2, 0.25) is 0 Å². The summed E-state index contributed by atoms with van der Waals surface area (Å²) in [4.78, 5) is 11.0. The van der Waals surface area contributed by atoms with Crippen LogP contribution in [-0.2, 0) is 11.2 Å². The molecule has 0 radical (unpaired) electrons. The fourth-order valence-electron chi connectivity index (χ4n) is 1.07. The van der Waals surface area contributed by atoms with Crippen LogP contribution in [0.1, 0.15) is 12.0 Å². The second-order valence-corrected chi connectivity index (χ2v) is 3.00. The Morgan fingerprint density at radius 2 is 2.00 bits per heavy atom. The van der Waals surface area contributed by atoms with Gasteiger partial charge in [-0.1, -0.05) is 41.9 Å². The van der Waals surface area contributed by atoms with Gasteiger partial charge in [0, 0.05) is 12.0 Å². The third-order valence-electron chi connectivity index (χ3n) is 1.75. The highest BCUT2D eigenvalue weighted by Gasteiger charge is 1.97. The van der Waals surface area contributed by atoms with Crippen LogP contribution in [0.2, 0.25) is 0 Å². The van der Waals surface area contributed by atoms with Crippen molar-refractivity contribution in [2.45, 2.75) is 12.8 Å². The molecule has 0 amide bonds. The summed E-state index contributed by atoms with van der Waals surface area (Å²) in [5.74, 6) is 0.0684. The van der Waals surface area contributed by atoms with Crippen LogP contribution >= 0.6 is 11.6 Å². The molecule has 0 saturated heterocycles. The van der Waals surface area contributed by atoms with Crippen molar-refractivity contribution in [3.63, 3.8) is 0 Å². The van der Waals surface area contributed by atoms with Gasteiger partial charge in [0.05, 0.1) is 0 Å². The lowest BCUT2D eigenvalue weighted by atomic mass is 10.1. The minimum absolute atomic E-state index is 0.0684. The topological polar surface area (TPSA) is 17.1 Å². The predicted molar refractivity (Wildman–Crippen MR) is 54.8 cm³/mol. The first-order valence-electron chi connectivity index (χ1n) is 4.16. The van der Waals surface area contributed by atoms with E-state index >= 15 is 0 Å². The lowest BCUT2D eigenvalue weighted by Crippen LogP contribution is -1.95. The van der Waals surface area contributed by atoms with Crippen molar-refractivity contribution in [1.29, 1.82) is 0 Å². The Morgan fingerprint density at radius 1 is 1.31 bits per heavy atom. The number of hydrogen-bond acceptors (Lipinski definition) is 1. The molecule has 0 fully saturated rings. The highest BCUT2D eigenvalue weighted by atomic mass is 35.5. The summed E-state index contributed by atoms with van der Waals surface area (Å²) in [6, 6.07) is 9.92. The first-order valence-corrected chi connectivity index (χ1v) is 4.60. The summed E-state index contributed by atoms with van der Waals surface area (Å²) in [7, 11) is 0. The number of carbonyl (C=O) groups is 1. The van der Waals surface area contributed by atoms with Gasteiger partial charge in [-0.05, 0) is 18.1 Å². The average Bonchev–Trinajstić information content (AvgIpc) is 2.17. The van der Waals surface area contributed by atoms with Crippen molar-refractivity contribution < 1.29 is 4.79 Å². The number of benzene rings is 1. The van der Waals surface area contributed by atoms with E-state index in [1.807, 2.05) is 30.3 Å². The SMILES string of the molecule is O=C(/C=C\Cl)CCc1ccccc1. The molecule has 1 aromatic carbocycles. The van der Waals surface area contributed by atoms with Crippen LogP contribution in [0.25, 0.3) is 0 Å². The van der Waals surface area contributed by atoms with Crippen LogP contribution in [0, 0.1) is 0 Å². The Balaban J connectivity index is 2.40. The van der Waals surface area contributed by atoms with Crippen molar-refractivity contribution in [2.75, 3.05) is 0 Å². The Labute approximate surface area is 83.0 Å². The summed E-state index contributed by atoms with van der Waals surface area (Å²) in [6.07, 6.45) is 2.69. The highest BCUT2D eigenvalue weighted by Crippen LogP contribution is 2.03. The standard InChI is InChI=1S/C11H11ClO/c12-9-8-11(13)7-6-10-4-2-1-3-5-10/h1-5,8-9H,6-7H2/b9-8-. The molecule has 0 aromatic heterocycles. The summed E-state index contributed by atoms with van der Waals surface area (Å²) >= 11 is 5.28. The number of allylic oxidation sites excluding steroid dienone is 1. The smallest absolute Gasteiger partial charge is 0.156 e. The molecule has 0 N–H and O–H groups in total. The minimum Gasteiger partial charge on any atom is -0.295 e. The van der Waals surface area contributed by atoms with Gasteiger partial charge in [-0.2, -0.15) is 0 Å². The largest absolute Gasteiger partial charge is 0.295 e. The first kappa shape index (κ1) is 10.0. The zero-order valence-corrected chi connectivity index (χ0v) is 8.00. The quantitative estimate of drug-likeness (QED) is 0.674. The Morgan fingerprint density at radius 3 is 2.62 bits per heavy atom. The molecule has 0 heterocycles. The molecule has 0 aliphatic heterocycles. The number of carbonyl (C=O) groups excluding carboxylic acids is 1. The van der Waals surface area contributed by atoms with Gasteiger partial charge in [0.25, 0.3) is 0 Å². The molecule has 1 nitrogen and oxygen atoms in total. The van der Waals surface area contributed by atoms with Gasteiger partial charge in [-0.3, -0.25) is 4.79 Å². The number of halogens is 1. The summed E-state index contributed by atoms with van der Waals surface area (Å²) in [5.41, 5.74) is 2.44. The molecule has 0 aliphatic carbocycles. The van der Waals surface area contributed by atoms with Crippen LogP contribution < -0.4 is 0 Å². The van der Waals surface area contributed by atoms with Crippen LogP contribution in [0.3, 0.4) is 0 Å². The van der Waals surface area contributed by atoms with Gasteiger partial charge in [-0.25, -0.2) is 0 Å². The first-order chi connectivity index (χ1) is 6.33. The molecule has 0 bridgehead atoms. The molecule has 1 aromatic rings. The Kier molecular flexibility index (Phi) is 4.27. The second-order valence-electron chi connectivity index (χ2n) is 2.74. The summed E-state index contributed by atoms with van der Waals surface area (Å²) in [6.45, 7) is 0. The van der Waals surface area contributed by atoms with E-state index < -0.39 is 0 Å². The highest BCUT2D eigenvalue weighted by molar-refractivity contribution is 6.26. The molecule has 13 heavy (non-hydrogen) atoms. The molecule has 0 unspecified atom stereocenters. The second kappa shape index (κ2) is 5.55. The van der Waals surface area contributed by atoms with Gasteiger partial charge in [0.15, 0.2) is 5.78 Å². The fourth-order valence-corrected chi connectivity index (χ4v) is 1.21. The maximum absolute atomic E-state index is 11.0. The van der Waals surface area contributed by atoms with E-state index in [1.165, 1.54) is 17.2 Å². The van der Waals surface area contributed by atoms with E-state index in [0.29, 0.717) is 6.42 Å². The molecular weight excluding hydrogens is 184 g/mol. The Bertz CT molecular complexity index is 290. The third kappa shape index (κ3) is 3.90. The van der Waals surface area contributed by atoms with Crippen molar-refractivity contribution in [3.05, 3.63) is 47.5 Å². The van der Waals surface area contributed by atoms with Crippen molar-refractivity contribution >= 4 is 17.4 Å². The molecule has 68 valence electrons. The lowest BCUT2D eigenvalue weighted by Gasteiger charge is -1.96. The molecule has 2 heteroatoms. The molecular formula is C11H11ClO.